The van der Waals surface area contributed by atoms with Crippen molar-refractivity contribution in [2.75, 3.05) is 13.2 Å². The van der Waals surface area contributed by atoms with Crippen molar-refractivity contribution in [2.45, 2.75) is 200 Å². The number of unbranched alkanes of at least 4 members (excludes halogenated alkanes) is 15. The van der Waals surface area contributed by atoms with Gasteiger partial charge in [0.1, 0.15) is 6.61 Å². The average Bonchev–Trinajstić information content (AvgIpc) is 3.10. The smallest absolute Gasteiger partial charge is 0.306 e. The van der Waals surface area contributed by atoms with Crippen molar-refractivity contribution in [1.82, 2.24) is 0 Å². The molecule has 0 saturated heterocycles. The topological polar surface area (TPSA) is 93.1 Å². The van der Waals surface area contributed by atoms with Gasteiger partial charge in [0.15, 0.2) is 6.10 Å². The van der Waals surface area contributed by atoms with E-state index in [2.05, 4.69) is 62.5 Å². The SMILES string of the molecule is CC[C@@H](O)CC/C=C\C/C=C\C/C=C\C/C=C\CCCC(=O)O[C@@H](CO)COC(=O)CCCCCCCCCCCCCCCCCC(C)C. The van der Waals surface area contributed by atoms with E-state index in [1.807, 2.05) is 6.92 Å². The highest BCUT2D eigenvalue weighted by Gasteiger charge is 2.16. The third-order valence-corrected chi connectivity index (χ3v) is 8.97. The quantitative estimate of drug-likeness (QED) is 0.0383. The first-order valence-corrected chi connectivity index (χ1v) is 20.6. The first-order valence-electron chi connectivity index (χ1n) is 20.6. The molecule has 0 fully saturated rings. The van der Waals surface area contributed by atoms with Gasteiger partial charge in [-0.25, -0.2) is 0 Å². The van der Waals surface area contributed by atoms with E-state index in [-0.39, 0.29) is 37.7 Å². The van der Waals surface area contributed by atoms with Crippen molar-refractivity contribution in [3.05, 3.63) is 48.6 Å². The summed E-state index contributed by atoms with van der Waals surface area (Å²) in [7, 11) is 0. The van der Waals surface area contributed by atoms with Gasteiger partial charge >= 0.3 is 11.9 Å². The molecule has 6 heteroatoms. The van der Waals surface area contributed by atoms with Crippen LogP contribution in [0.25, 0.3) is 0 Å². The van der Waals surface area contributed by atoms with Crippen molar-refractivity contribution in [2.24, 2.45) is 5.92 Å². The molecule has 0 rings (SSSR count). The third-order valence-electron chi connectivity index (χ3n) is 8.97. The van der Waals surface area contributed by atoms with E-state index in [4.69, 9.17) is 9.47 Å². The zero-order chi connectivity index (χ0) is 36.8. The Kier molecular flexibility index (Phi) is 36.4. The van der Waals surface area contributed by atoms with Gasteiger partial charge in [-0.05, 0) is 63.7 Å². The normalized spacial score (nSPS) is 13.4. The molecule has 2 atom stereocenters. The van der Waals surface area contributed by atoms with E-state index in [1.54, 1.807) is 0 Å². The molecule has 0 radical (unpaired) electrons. The fourth-order valence-electron chi connectivity index (χ4n) is 5.65. The molecule has 6 nitrogen and oxygen atoms in total. The summed E-state index contributed by atoms with van der Waals surface area (Å²) in [5, 5.41) is 19.1. The molecule has 0 aromatic rings. The lowest BCUT2D eigenvalue weighted by Gasteiger charge is -2.15. The second-order valence-electron chi connectivity index (χ2n) is 14.3. The van der Waals surface area contributed by atoms with Crippen LogP contribution in [-0.2, 0) is 19.1 Å². The van der Waals surface area contributed by atoms with Crippen LogP contribution in [-0.4, -0.2) is 47.6 Å². The van der Waals surface area contributed by atoms with Gasteiger partial charge in [0, 0.05) is 12.8 Å². The number of hydrogen-bond donors (Lipinski definition) is 2. The molecular weight excluding hydrogens is 624 g/mol. The molecule has 0 aliphatic carbocycles. The monoisotopic (exact) mass is 703 g/mol. The first-order chi connectivity index (χ1) is 24.4. The average molecular weight is 703 g/mol. The molecule has 0 aromatic carbocycles. The first kappa shape index (κ1) is 47.8. The largest absolute Gasteiger partial charge is 0.462 e. The molecule has 0 aromatic heterocycles. The zero-order valence-corrected chi connectivity index (χ0v) is 32.7. The molecule has 0 aliphatic rings. The molecule has 0 unspecified atom stereocenters. The highest BCUT2D eigenvalue weighted by molar-refractivity contribution is 5.70. The third kappa shape index (κ3) is 37.1. The standard InChI is InChI=1S/C44H78O6/c1-4-41(46)35-31-27-23-19-15-11-8-9-13-17-21-25-29-33-37-44(48)50-42(38-45)39-49-43(47)36-32-28-24-20-16-12-7-5-6-10-14-18-22-26-30-34-40(2)3/h9,11,13,15,21,23,25,27,40-42,45-46H,4-8,10,12,14,16-20,22,24,26,28-39H2,1-3H3/b13-9-,15-11-,25-21-,27-23-/t41-,42+/m1/s1. The van der Waals surface area contributed by atoms with Gasteiger partial charge in [-0.2, -0.15) is 0 Å². The Labute approximate surface area is 308 Å². The zero-order valence-electron chi connectivity index (χ0n) is 32.7. The summed E-state index contributed by atoms with van der Waals surface area (Å²) in [6.07, 6.45) is 44.1. The van der Waals surface area contributed by atoms with Gasteiger partial charge in [0.2, 0.25) is 0 Å². The van der Waals surface area contributed by atoms with E-state index in [0.717, 1.165) is 70.1 Å². The van der Waals surface area contributed by atoms with Crippen LogP contribution in [0.1, 0.15) is 188 Å². The number of carbonyl (C=O) groups excluding carboxylic acids is 2. The highest BCUT2D eigenvalue weighted by Crippen LogP contribution is 2.15. The Balaban J connectivity index is 3.64. The van der Waals surface area contributed by atoms with E-state index >= 15 is 0 Å². The molecule has 0 heterocycles. The maximum absolute atomic E-state index is 12.2. The number of rotatable bonds is 36. The van der Waals surface area contributed by atoms with Gasteiger partial charge in [-0.3, -0.25) is 9.59 Å². The van der Waals surface area contributed by atoms with Crippen LogP contribution in [0.15, 0.2) is 48.6 Å². The van der Waals surface area contributed by atoms with Crippen molar-refractivity contribution >= 4 is 11.9 Å². The Morgan fingerprint density at radius 3 is 1.48 bits per heavy atom. The van der Waals surface area contributed by atoms with Crippen LogP contribution in [0, 0.1) is 5.92 Å². The molecular formula is C44H78O6. The molecule has 0 saturated carbocycles. The van der Waals surface area contributed by atoms with Crippen LogP contribution >= 0.6 is 0 Å². The van der Waals surface area contributed by atoms with Gasteiger partial charge in [-0.15, -0.1) is 0 Å². The summed E-state index contributed by atoms with van der Waals surface area (Å²) in [4.78, 5) is 24.3. The number of aliphatic hydroxyl groups excluding tert-OH is 2. The summed E-state index contributed by atoms with van der Waals surface area (Å²) in [6, 6.07) is 0. The van der Waals surface area contributed by atoms with Gasteiger partial charge in [0.05, 0.1) is 12.7 Å². The molecule has 290 valence electrons. The van der Waals surface area contributed by atoms with Crippen molar-refractivity contribution < 1.29 is 29.3 Å². The van der Waals surface area contributed by atoms with E-state index in [9.17, 15) is 19.8 Å². The minimum Gasteiger partial charge on any atom is -0.462 e. The lowest BCUT2D eigenvalue weighted by molar-refractivity contribution is -0.161. The summed E-state index contributed by atoms with van der Waals surface area (Å²) in [5.41, 5.74) is 0. The molecule has 0 amide bonds. The predicted molar refractivity (Wildman–Crippen MR) is 211 cm³/mol. The van der Waals surface area contributed by atoms with E-state index < -0.39 is 6.10 Å². The fraction of sp³-hybridized carbons (Fsp3) is 0.773. The molecule has 2 N–H and O–H groups in total. The molecule has 50 heavy (non-hydrogen) atoms. The van der Waals surface area contributed by atoms with Gasteiger partial charge in [0.25, 0.3) is 0 Å². The minimum atomic E-state index is -0.809. The number of aliphatic hydroxyl groups is 2. The lowest BCUT2D eigenvalue weighted by Crippen LogP contribution is -2.28. The maximum atomic E-state index is 12.2. The molecule has 0 bridgehead atoms. The lowest BCUT2D eigenvalue weighted by atomic mass is 10.0. The van der Waals surface area contributed by atoms with E-state index in [1.165, 1.54) is 83.5 Å². The second kappa shape index (κ2) is 38.1. The second-order valence-corrected chi connectivity index (χ2v) is 14.3. The number of allylic oxidation sites excluding steroid dienone is 8. The number of ether oxygens (including phenoxy) is 2. The predicted octanol–water partition coefficient (Wildman–Crippen LogP) is 11.8. The Hall–Kier alpha value is -2.18. The Morgan fingerprint density at radius 1 is 0.560 bits per heavy atom. The van der Waals surface area contributed by atoms with Crippen LogP contribution < -0.4 is 0 Å². The van der Waals surface area contributed by atoms with Crippen molar-refractivity contribution in [1.29, 1.82) is 0 Å². The fourth-order valence-corrected chi connectivity index (χ4v) is 5.65. The highest BCUT2D eigenvalue weighted by atomic mass is 16.6. The van der Waals surface area contributed by atoms with Gasteiger partial charge in [-0.1, -0.05) is 166 Å². The number of esters is 2. The molecule has 0 aliphatic heterocycles. The summed E-state index contributed by atoms with van der Waals surface area (Å²) in [5.74, 6) is 0.177. The Bertz CT molecular complexity index is 874. The summed E-state index contributed by atoms with van der Waals surface area (Å²) < 4.78 is 10.6. The maximum Gasteiger partial charge on any atom is 0.306 e. The summed E-state index contributed by atoms with van der Waals surface area (Å²) >= 11 is 0. The van der Waals surface area contributed by atoms with Crippen molar-refractivity contribution in [3.8, 4) is 0 Å². The van der Waals surface area contributed by atoms with Crippen LogP contribution in [0.5, 0.6) is 0 Å². The summed E-state index contributed by atoms with van der Waals surface area (Å²) in [6.45, 7) is 6.17. The van der Waals surface area contributed by atoms with E-state index in [0.29, 0.717) is 12.8 Å². The molecule has 0 spiro atoms. The Morgan fingerprint density at radius 2 is 1.00 bits per heavy atom. The minimum absolute atomic E-state index is 0.0957. The van der Waals surface area contributed by atoms with Crippen molar-refractivity contribution in [3.63, 3.8) is 0 Å². The van der Waals surface area contributed by atoms with Gasteiger partial charge < -0.3 is 19.7 Å². The number of carbonyl (C=O) groups is 2. The van der Waals surface area contributed by atoms with Crippen LogP contribution in [0.4, 0.5) is 0 Å². The van der Waals surface area contributed by atoms with Crippen LogP contribution in [0.2, 0.25) is 0 Å². The number of hydrogen-bond acceptors (Lipinski definition) is 6. The van der Waals surface area contributed by atoms with Crippen LogP contribution in [0.3, 0.4) is 0 Å².